The van der Waals surface area contributed by atoms with Gasteiger partial charge < -0.3 is 9.47 Å². The van der Waals surface area contributed by atoms with Crippen molar-refractivity contribution < 1.29 is 22.6 Å². The third-order valence-electron chi connectivity index (χ3n) is 5.53. The van der Waals surface area contributed by atoms with Crippen LogP contribution in [0.1, 0.15) is 49.0 Å². The van der Waals surface area contributed by atoms with Gasteiger partial charge in [0.1, 0.15) is 18.5 Å². The number of aryl methyl sites for hydroxylation is 1. The van der Waals surface area contributed by atoms with Crippen molar-refractivity contribution in [2.24, 2.45) is 0 Å². The molecule has 1 heterocycles. The molecule has 1 saturated heterocycles. The first-order valence-corrected chi connectivity index (χ1v) is 10.7. The summed E-state index contributed by atoms with van der Waals surface area (Å²) in [5.74, 6) is -2.19. The molecule has 3 aromatic rings. The highest BCUT2D eigenvalue weighted by Crippen LogP contribution is 2.33. The normalized spacial score (nSPS) is 15.2. The molecule has 1 fully saturated rings. The topological polar surface area (TPSA) is 21.8 Å². The van der Waals surface area contributed by atoms with Crippen LogP contribution in [0.4, 0.5) is 13.2 Å². The fraction of sp³-hybridized carbons (Fsp3) is 0.308. The minimum absolute atomic E-state index is 0.0127. The summed E-state index contributed by atoms with van der Waals surface area (Å²) < 4.78 is 53.8. The molecule has 1 unspecified atom stereocenters. The standard InChI is InChI=1S/C26H25F3O2/c1-2-3-4-5-19-11-13-23(26(29)25(19)28)30-15-17-6-8-18(9-7-17)21-12-10-20(14-22(21)27)24-16-31-24/h6-14,24H,2-5,15-16H2,1H3. The summed E-state index contributed by atoms with van der Waals surface area (Å²) in [6, 6.07) is 15.4. The van der Waals surface area contributed by atoms with Crippen LogP contribution in [0.5, 0.6) is 5.75 Å². The molecule has 5 heteroatoms. The Hall–Kier alpha value is -2.79. The molecule has 1 aliphatic heterocycles. The molecule has 0 aliphatic carbocycles. The molecule has 0 amide bonds. The summed E-state index contributed by atoms with van der Waals surface area (Å²) in [6.45, 7) is 2.79. The zero-order chi connectivity index (χ0) is 21.8. The van der Waals surface area contributed by atoms with Crippen molar-refractivity contribution in [3.63, 3.8) is 0 Å². The second kappa shape index (κ2) is 9.56. The van der Waals surface area contributed by atoms with Crippen molar-refractivity contribution in [3.05, 3.63) is 88.7 Å². The van der Waals surface area contributed by atoms with Crippen LogP contribution < -0.4 is 4.74 Å². The van der Waals surface area contributed by atoms with Crippen molar-refractivity contribution in [2.45, 2.75) is 45.3 Å². The fourth-order valence-electron chi connectivity index (χ4n) is 3.59. The molecule has 0 radical (unpaired) electrons. The van der Waals surface area contributed by atoms with E-state index in [4.69, 9.17) is 9.47 Å². The highest BCUT2D eigenvalue weighted by molar-refractivity contribution is 5.65. The third kappa shape index (κ3) is 5.10. The zero-order valence-corrected chi connectivity index (χ0v) is 17.5. The lowest BCUT2D eigenvalue weighted by atomic mass is 10.0. The van der Waals surface area contributed by atoms with Crippen molar-refractivity contribution in [1.82, 2.24) is 0 Å². The maximum absolute atomic E-state index is 14.4. The highest BCUT2D eigenvalue weighted by atomic mass is 19.2. The summed E-state index contributed by atoms with van der Waals surface area (Å²) in [5, 5.41) is 0. The largest absolute Gasteiger partial charge is 0.486 e. The number of benzene rings is 3. The third-order valence-corrected chi connectivity index (χ3v) is 5.53. The highest BCUT2D eigenvalue weighted by Gasteiger charge is 2.25. The molecule has 1 atom stereocenters. The molecule has 2 nitrogen and oxygen atoms in total. The van der Waals surface area contributed by atoms with E-state index in [1.54, 1.807) is 36.4 Å². The van der Waals surface area contributed by atoms with E-state index in [2.05, 4.69) is 6.92 Å². The van der Waals surface area contributed by atoms with Gasteiger partial charge in [0.05, 0.1) is 6.61 Å². The van der Waals surface area contributed by atoms with Crippen LogP contribution in [0.25, 0.3) is 11.1 Å². The first-order valence-electron chi connectivity index (χ1n) is 10.7. The second-order valence-electron chi connectivity index (χ2n) is 7.85. The zero-order valence-electron chi connectivity index (χ0n) is 17.5. The summed E-state index contributed by atoms with van der Waals surface area (Å²) >= 11 is 0. The first kappa shape index (κ1) is 21.4. The van der Waals surface area contributed by atoms with Crippen LogP contribution in [0.15, 0.2) is 54.6 Å². The number of ether oxygens (including phenoxy) is 2. The number of halogens is 3. The minimum atomic E-state index is -0.951. The Labute approximate surface area is 180 Å². The molecular weight excluding hydrogens is 401 g/mol. The lowest BCUT2D eigenvalue weighted by molar-refractivity contribution is 0.284. The molecule has 4 rings (SSSR count). The smallest absolute Gasteiger partial charge is 0.200 e. The van der Waals surface area contributed by atoms with E-state index in [1.807, 2.05) is 6.07 Å². The number of unbranched alkanes of at least 4 members (excludes halogenated alkanes) is 2. The van der Waals surface area contributed by atoms with Crippen molar-refractivity contribution in [3.8, 4) is 16.9 Å². The first-order chi connectivity index (χ1) is 15.1. The van der Waals surface area contributed by atoms with Crippen LogP contribution in [-0.4, -0.2) is 6.61 Å². The van der Waals surface area contributed by atoms with Gasteiger partial charge in [0.25, 0.3) is 0 Å². The van der Waals surface area contributed by atoms with E-state index in [-0.39, 0.29) is 24.3 Å². The maximum atomic E-state index is 14.4. The van der Waals surface area contributed by atoms with Gasteiger partial charge in [-0.2, -0.15) is 4.39 Å². The van der Waals surface area contributed by atoms with Gasteiger partial charge in [0.2, 0.25) is 5.82 Å². The summed E-state index contributed by atoms with van der Waals surface area (Å²) in [4.78, 5) is 0. The molecule has 0 aromatic heterocycles. The van der Waals surface area contributed by atoms with Gasteiger partial charge in [-0.15, -0.1) is 0 Å². The van der Waals surface area contributed by atoms with Gasteiger partial charge in [-0.1, -0.05) is 62.2 Å². The second-order valence-corrected chi connectivity index (χ2v) is 7.85. The van der Waals surface area contributed by atoms with Gasteiger partial charge in [-0.05, 0) is 47.2 Å². The summed E-state index contributed by atoms with van der Waals surface area (Å²) in [6.07, 6.45) is 3.37. The fourth-order valence-corrected chi connectivity index (χ4v) is 3.59. The van der Waals surface area contributed by atoms with E-state index in [0.29, 0.717) is 24.2 Å². The lowest BCUT2D eigenvalue weighted by Crippen LogP contribution is -2.02. The van der Waals surface area contributed by atoms with Gasteiger partial charge >= 0.3 is 0 Å². The molecule has 1 aliphatic rings. The molecular formula is C26H25F3O2. The van der Waals surface area contributed by atoms with Gasteiger partial charge in [0.15, 0.2) is 11.6 Å². The number of rotatable bonds is 9. The Balaban J connectivity index is 1.40. The Kier molecular flexibility index (Phi) is 6.62. The molecule has 0 bridgehead atoms. The van der Waals surface area contributed by atoms with Crippen LogP contribution in [-0.2, 0) is 17.8 Å². The Morgan fingerprint density at radius 2 is 1.71 bits per heavy atom. The number of epoxide rings is 1. The Bertz CT molecular complexity index is 1040. The SMILES string of the molecule is CCCCCc1ccc(OCc2ccc(-c3ccc(C4CO4)cc3F)cc2)c(F)c1F. The quantitative estimate of drug-likeness (QED) is 0.268. The van der Waals surface area contributed by atoms with E-state index < -0.39 is 11.6 Å². The Morgan fingerprint density at radius 1 is 0.935 bits per heavy atom. The monoisotopic (exact) mass is 426 g/mol. The number of hydrogen-bond donors (Lipinski definition) is 0. The van der Waals surface area contributed by atoms with Crippen LogP contribution in [0, 0.1) is 17.5 Å². The average Bonchev–Trinajstić information content (AvgIpc) is 3.62. The van der Waals surface area contributed by atoms with E-state index in [1.165, 1.54) is 12.1 Å². The van der Waals surface area contributed by atoms with Crippen LogP contribution in [0.2, 0.25) is 0 Å². The van der Waals surface area contributed by atoms with Crippen LogP contribution >= 0.6 is 0 Å². The molecule has 31 heavy (non-hydrogen) atoms. The summed E-state index contributed by atoms with van der Waals surface area (Å²) in [7, 11) is 0. The predicted octanol–water partition coefficient (Wildman–Crippen LogP) is 7.15. The number of hydrogen-bond acceptors (Lipinski definition) is 2. The van der Waals surface area contributed by atoms with Crippen molar-refractivity contribution >= 4 is 0 Å². The maximum Gasteiger partial charge on any atom is 0.200 e. The van der Waals surface area contributed by atoms with E-state index >= 15 is 0 Å². The molecule has 0 saturated carbocycles. The Morgan fingerprint density at radius 3 is 2.39 bits per heavy atom. The van der Waals surface area contributed by atoms with Gasteiger partial charge in [-0.3, -0.25) is 0 Å². The van der Waals surface area contributed by atoms with E-state index in [0.717, 1.165) is 36.0 Å². The predicted molar refractivity (Wildman–Crippen MR) is 114 cm³/mol. The molecule has 162 valence electrons. The lowest BCUT2D eigenvalue weighted by Gasteiger charge is -2.11. The molecule has 0 N–H and O–H groups in total. The molecule has 3 aromatic carbocycles. The minimum Gasteiger partial charge on any atom is -0.486 e. The van der Waals surface area contributed by atoms with Crippen molar-refractivity contribution in [1.29, 1.82) is 0 Å². The molecule has 0 spiro atoms. The van der Waals surface area contributed by atoms with Gasteiger partial charge in [-0.25, -0.2) is 8.78 Å². The summed E-state index contributed by atoms with van der Waals surface area (Å²) in [5.41, 5.74) is 3.24. The van der Waals surface area contributed by atoms with Gasteiger partial charge in [0, 0.05) is 5.56 Å². The average molecular weight is 426 g/mol. The van der Waals surface area contributed by atoms with Crippen LogP contribution in [0.3, 0.4) is 0 Å². The van der Waals surface area contributed by atoms with Crippen molar-refractivity contribution in [2.75, 3.05) is 6.61 Å². The van der Waals surface area contributed by atoms with E-state index in [9.17, 15) is 13.2 Å².